The van der Waals surface area contributed by atoms with Crippen molar-refractivity contribution < 1.29 is 9.26 Å². The minimum atomic E-state index is 0.354. The molecule has 152 valence electrons. The molecule has 1 aromatic heterocycles. The lowest BCUT2D eigenvalue weighted by molar-refractivity contribution is 0.208. The molecule has 6 heteroatoms. The molecule has 0 radical (unpaired) electrons. The summed E-state index contributed by atoms with van der Waals surface area (Å²) in [4.78, 5) is 4.35. The topological polar surface area (TPSA) is 71.7 Å². The minimum Gasteiger partial charge on any atom is -0.490 e. The molecule has 1 aromatic carbocycles. The zero-order valence-electron chi connectivity index (χ0n) is 17.3. The number of aryl methyl sites for hydroxylation is 2. The number of benzene rings is 1. The molecule has 1 saturated carbocycles. The Labute approximate surface area is 167 Å². The van der Waals surface area contributed by atoms with Crippen LogP contribution in [-0.4, -0.2) is 24.3 Å². The number of hydrogen-bond donors (Lipinski definition) is 2. The third-order valence-electron chi connectivity index (χ3n) is 5.28. The normalized spacial score (nSPS) is 15.0. The van der Waals surface area contributed by atoms with Crippen molar-refractivity contribution >= 4 is 5.96 Å². The Bertz CT molecular complexity index is 757. The fraction of sp³-hybridized carbons (Fsp3) is 0.545. The van der Waals surface area contributed by atoms with Crippen LogP contribution in [0.5, 0.6) is 5.75 Å². The van der Waals surface area contributed by atoms with Crippen LogP contribution in [0, 0.1) is 0 Å². The highest BCUT2D eigenvalue weighted by molar-refractivity contribution is 5.79. The molecule has 0 amide bonds. The molecule has 6 nitrogen and oxygen atoms in total. The molecule has 1 fully saturated rings. The fourth-order valence-electron chi connectivity index (χ4n) is 3.66. The van der Waals surface area contributed by atoms with Crippen LogP contribution in [0.1, 0.15) is 62.1 Å². The van der Waals surface area contributed by atoms with Crippen LogP contribution in [0.25, 0.3) is 0 Å². The lowest BCUT2D eigenvalue weighted by Gasteiger charge is -2.18. The summed E-state index contributed by atoms with van der Waals surface area (Å²) in [6.45, 7) is 5.48. The number of nitrogens with one attached hydrogen (secondary N) is 2. The predicted molar refractivity (Wildman–Crippen MR) is 112 cm³/mol. The molecular weight excluding hydrogens is 352 g/mol. The van der Waals surface area contributed by atoms with E-state index in [1.165, 1.54) is 12.8 Å². The van der Waals surface area contributed by atoms with Gasteiger partial charge in [-0.1, -0.05) is 37.2 Å². The van der Waals surface area contributed by atoms with Crippen LogP contribution in [-0.2, 0) is 25.9 Å². The maximum absolute atomic E-state index is 6.23. The standard InChI is InChI=1S/C22H32N4O2/c1-4-19-18(20(5-2)28-26-19)15-25-22(23-3)24-14-16-10-6-9-13-21(16)27-17-11-7-8-12-17/h6,9-10,13,17H,4-5,7-8,11-12,14-15H2,1-3H3,(H2,23,24,25). The number of aliphatic imine (C=N–C) groups is 1. The summed E-state index contributed by atoms with van der Waals surface area (Å²) in [6.07, 6.45) is 6.90. The van der Waals surface area contributed by atoms with Gasteiger partial charge in [-0.05, 0) is 38.2 Å². The van der Waals surface area contributed by atoms with Gasteiger partial charge in [0.2, 0.25) is 0 Å². The van der Waals surface area contributed by atoms with E-state index in [1.54, 1.807) is 7.05 Å². The van der Waals surface area contributed by atoms with Gasteiger partial charge in [0.25, 0.3) is 0 Å². The molecule has 0 saturated heterocycles. The Balaban J connectivity index is 1.58. The highest BCUT2D eigenvalue weighted by atomic mass is 16.5. The SMILES string of the molecule is CCc1noc(CC)c1CNC(=NC)NCc1ccccc1OC1CCCC1. The van der Waals surface area contributed by atoms with Gasteiger partial charge in [0.1, 0.15) is 11.5 Å². The number of ether oxygens (including phenoxy) is 1. The first-order chi connectivity index (χ1) is 13.7. The smallest absolute Gasteiger partial charge is 0.191 e. The zero-order valence-corrected chi connectivity index (χ0v) is 17.3. The van der Waals surface area contributed by atoms with E-state index in [0.717, 1.165) is 60.0 Å². The predicted octanol–water partition coefficient (Wildman–Crippen LogP) is 3.99. The summed E-state index contributed by atoms with van der Waals surface area (Å²) in [6, 6.07) is 8.25. The third kappa shape index (κ3) is 5.06. The summed E-state index contributed by atoms with van der Waals surface area (Å²) in [5, 5.41) is 10.9. The molecule has 2 aromatic rings. The van der Waals surface area contributed by atoms with E-state index in [0.29, 0.717) is 19.2 Å². The summed E-state index contributed by atoms with van der Waals surface area (Å²) in [5.74, 6) is 2.66. The molecular formula is C22H32N4O2. The molecule has 3 rings (SSSR count). The molecule has 1 heterocycles. The number of hydrogen-bond acceptors (Lipinski definition) is 4. The van der Waals surface area contributed by atoms with E-state index >= 15 is 0 Å². The second-order valence-electron chi connectivity index (χ2n) is 7.15. The van der Waals surface area contributed by atoms with Crippen LogP contribution < -0.4 is 15.4 Å². The largest absolute Gasteiger partial charge is 0.490 e. The van der Waals surface area contributed by atoms with E-state index in [2.05, 4.69) is 46.8 Å². The quantitative estimate of drug-likeness (QED) is 0.532. The molecule has 28 heavy (non-hydrogen) atoms. The lowest BCUT2D eigenvalue weighted by atomic mass is 10.1. The summed E-state index contributed by atoms with van der Waals surface area (Å²) >= 11 is 0. The van der Waals surface area contributed by atoms with Gasteiger partial charge in [-0.15, -0.1) is 0 Å². The molecule has 1 aliphatic carbocycles. The molecule has 0 bridgehead atoms. The van der Waals surface area contributed by atoms with Gasteiger partial charge in [-0.3, -0.25) is 4.99 Å². The van der Waals surface area contributed by atoms with Gasteiger partial charge in [-0.2, -0.15) is 0 Å². The molecule has 0 unspecified atom stereocenters. The van der Waals surface area contributed by atoms with Crippen molar-refractivity contribution in [3.8, 4) is 5.75 Å². The summed E-state index contributed by atoms with van der Waals surface area (Å²) < 4.78 is 11.7. The number of nitrogens with zero attached hydrogens (tertiary/aromatic N) is 2. The third-order valence-corrected chi connectivity index (χ3v) is 5.28. The van der Waals surface area contributed by atoms with E-state index < -0.39 is 0 Å². The molecule has 2 N–H and O–H groups in total. The Hall–Kier alpha value is -2.50. The van der Waals surface area contributed by atoms with Gasteiger partial charge >= 0.3 is 0 Å². The highest BCUT2D eigenvalue weighted by Gasteiger charge is 2.18. The summed E-state index contributed by atoms with van der Waals surface area (Å²) in [5.41, 5.74) is 3.29. The first-order valence-corrected chi connectivity index (χ1v) is 10.4. The maximum atomic E-state index is 6.23. The Kier molecular flexibility index (Phi) is 7.34. The fourth-order valence-corrected chi connectivity index (χ4v) is 3.66. The van der Waals surface area contributed by atoms with Crippen molar-refractivity contribution in [3.63, 3.8) is 0 Å². The van der Waals surface area contributed by atoms with Crippen LogP contribution in [0.4, 0.5) is 0 Å². The van der Waals surface area contributed by atoms with Crippen LogP contribution in [0.3, 0.4) is 0 Å². The molecule has 0 spiro atoms. The molecule has 0 atom stereocenters. The summed E-state index contributed by atoms with van der Waals surface area (Å²) in [7, 11) is 1.78. The number of para-hydroxylation sites is 1. The van der Waals surface area contributed by atoms with E-state index in [1.807, 2.05) is 12.1 Å². The zero-order chi connectivity index (χ0) is 19.8. The first-order valence-electron chi connectivity index (χ1n) is 10.4. The molecule has 0 aliphatic heterocycles. The van der Waals surface area contributed by atoms with Crippen molar-refractivity contribution in [2.75, 3.05) is 7.05 Å². The second kappa shape index (κ2) is 10.2. The average molecular weight is 385 g/mol. The number of aromatic nitrogens is 1. The maximum Gasteiger partial charge on any atom is 0.191 e. The van der Waals surface area contributed by atoms with Crippen molar-refractivity contribution in [2.45, 2.75) is 71.6 Å². The van der Waals surface area contributed by atoms with Crippen LogP contribution in [0.2, 0.25) is 0 Å². The lowest BCUT2D eigenvalue weighted by Crippen LogP contribution is -2.36. The van der Waals surface area contributed by atoms with Gasteiger partial charge in [-0.25, -0.2) is 0 Å². The Morgan fingerprint density at radius 3 is 2.61 bits per heavy atom. The average Bonchev–Trinajstić information content (AvgIpc) is 3.38. The van der Waals surface area contributed by atoms with Crippen LogP contribution >= 0.6 is 0 Å². The first kappa shape index (κ1) is 20.2. The van der Waals surface area contributed by atoms with Crippen LogP contribution in [0.15, 0.2) is 33.8 Å². The van der Waals surface area contributed by atoms with Crippen molar-refractivity contribution in [1.82, 2.24) is 15.8 Å². The highest BCUT2D eigenvalue weighted by Crippen LogP contribution is 2.26. The Morgan fingerprint density at radius 1 is 1.14 bits per heavy atom. The number of rotatable bonds is 8. The van der Waals surface area contributed by atoms with Gasteiger partial charge in [0, 0.05) is 37.7 Å². The van der Waals surface area contributed by atoms with Crippen molar-refractivity contribution in [1.29, 1.82) is 0 Å². The van der Waals surface area contributed by atoms with E-state index in [4.69, 9.17) is 9.26 Å². The number of guanidine groups is 1. The van der Waals surface area contributed by atoms with Gasteiger partial charge in [0.05, 0.1) is 11.8 Å². The Morgan fingerprint density at radius 2 is 1.89 bits per heavy atom. The van der Waals surface area contributed by atoms with Crippen molar-refractivity contribution in [3.05, 3.63) is 46.8 Å². The van der Waals surface area contributed by atoms with Gasteiger partial charge < -0.3 is 19.9 Å². The van der Waals surface area contributed by atoms with E-state index in [9.17, 15) is 0 Å². The monoisotopic (exact) mass is 384 g/mol. The second-order valence-corrected chi connectivity index (χ2v) is 7.15. The van der Waals surface area contributed by atoms with Gasteiger partial charge in [0.15, 0.2) is 5.96 Å². The van der Waals surface area contributed by atoms with Crippen molar-refractivity contribution in [2.24, 2.45) is 4.99 Å². The van der Waals surface area contributed by atoms with E-state index in [-0.39, 0.29) is 0 Å². The minimum absolute atomic E-state index is 0.354. The molecule has 1 aliphatic rings.